The van der Waals surface area contributed by atoms with Crippen LogP contribution in [0.3, 0.4) is 0 Å². The van der Waals surface area contributed by atoms with Crippen molar-refractivity contribution in [2.75, 3.05) is 6.54 Å². The summed E-state index contributed by atoms with van der Waals surface area (Å²) in [7, 11) is 0. The van der Waals surface area contributed by atoms with Crippen LogP contribution in [0, 0.1) is 6.92 Å². The van der Waals surface area contributed by atoms with Crippen molar-refractivity contribution in [3.63, 3.8) is 0 Å². The van der Waals surface area contributed by atoms with Gasteiger partial charge in [-0.15, -0.1) is 0 Å². The number of unbranched alkanes of at least 4 members (excludes halogenated alkanes) is 3. The molecule has 20 heavy (non-hydrogen) atoms. The molecule has 0 fully saturated rings. The van der Waals surface area contributed by atoms with Crippen molar-refractivity contribution in [1.82, 2.24) is 5.32 Å². The van der Waals surface area contributed by atoms with E-state index in [0.717, 1.165) is 29.3 Å². The molecule has 2 N–H and O–H groups in total. The second kappa shape index (κ2) is 8.74. The first-order valence-electron chi connectivity index (χ1n) is 6.77. The number of rotatable bonds is 8. The minimum Gasteiger partial charge on any atom is -0.481 e. The molecule has 0 atom stereocenters. The van der Waals surface area contributed by atoms with Crippen LogP contribution < -0.4 is 5.32 Å². The van der Waals surface area contributed by atoms with Gasteiger partial charge in [0, 0.05) is 23.0 Å². The smallest absolute Gasteiger partial charge is 0.303 e. The minimum atomic E-state index is -0.747. The lowest BCUT2D eigenvalue weighted by atomic mass is 10.1. The number of aliphatic carboxylic acids is 1. The van der Waals surface area contributed by atoms with Gasteiger partial charge in [-0.1, -0.05) is 34.8 Å². The highest BCUT2D eigenvalue weighted by Crippen LogP contribution is 2.19. The molecule has 0 bridgehead atoms. The molecule has 1 rings (SSSR count). The van der Waals surface area contributed by atoms with E-state index >= 15 is 0 Å². The summed E-state index contributed by atoms with van der Waals surface area (Å²) >= 11 is 3.41. The van der Waals surface area contributed by atoms with Crippen LogP contribution in [0.4, 0.5) is 0 Å². The van der Waals surface area contributed by atoms with Crippen molar-refractivity contribution in [1.29, 1.82) is 0 Å². The van der Waals surface area contributed by atoms with Crippen LogP contribution >= 0.6 is 15.9 Å². The number of carbonyl (C=O) groups excluding carboxylic acids is 1. The van der Waals surface area contributed by atoms with Gasteiger partial charge in [0.15, 0.2) is 0 Å². The van der Waals surface area contributed by atoms with Gasteiger partial charge in [-0.05, 0) is 37.5 Å². The lowest BCUT2D eigenvalue weighted by molar-refractivity contribution is -0.137. The van der Waals surface area contributed by atoms with Crippen molar-refractivity contribution >= 4 is 27.8 Å². The summed E-state index contributed by atoms with van der Waals surface area (Å²) < 4.78 is 0.929. The van der Waals surface area contributed by atoms with Crippen LogP contribution in [-0.4, -0.2) is 23.5 Å². The van der Waals surface area contributed by atoms with Gasteiger partial charge < -0.3 is 10.4 Å². The molecule has 0 unspecified atom stereocenters. The molecule has 0 aliphatic heterocycles. The first kappa shape index (κ1) is 16.7. The lowest BCUT2D eigenvalue weighted by Gasteiger charge is -2.08. The van der Waals surface area contributed by atoms with E-state index < -0.39 is 5.97 Å². The zero-order valence-corrected chi connectivity index (χ0v) is 13.2. The SMILES string of the molecule is Cc1c(Br)cccc1C(=O)NCCCCCCC(=O)O. The Labute approximate surface area is 127 Å². The molecule has 1 amide bonds. The number of carboxylic acid groups (broad SMARTS) is 1. The molecule has 1 aromatic carbocycles. The molecule has 0 aliphatic carbocycles. The molecule has 0 aromatic heterocycles. The van der Waals surface area contributed by atoms with Crippen molar-refractivity contribution in [2.24, 2.45) is 0 Å². The van der Waals surface area contributed by atoms with Gasteiger partial charge in [-0.2, -0.15) is 0 Å². The third-order valence-corrected chi connectivity index (χ3v) is 3.97. The van der Waals surface area contributed by atoms with Crippen LogP contribution in [-0.2, 0) is 4.79 Å². The maximum absolute atomic E-state index is 12.0. The van der Waals surface area contributed by atoms with E-state index in [1.165, 1.54) is 0 Å². The number of hydrogen-bond acceptors (Lipinski definition) is 2. The summed E-state index contributed by atoms with van der Waals surface area (Å²) in [5.74, 6) is -0.808. The summed E-state index contributed by atoms with van der Waals surface area (Å²) in [4.78, 5) is 22.3. The van der Waals surface area contributed by atoms with Gasteiger partial charge in [0.05, 0.1) is 0 Å². The number of amides is 1. The van der Waals surface area contributed by atoms with Gasteiger partial charge in [0.25, 0.3) is 5.91 Å². The van der Waals surface area contributed by atoms with Crippen molar-refractivity contribution in [3.8, 4) is 0 Å². The molecule has 0 aliphatic rings. The topological polar surface area (TPSA) is 66.4 Å². The molecule has 1 aromatic rings. The second-order valence-corrected chi connectivity index (χ2v) is 5.58. The Morgan fingerprint density at radius 1 is 1.20 bits per heavy atom. The van der Waals surface area contributed by atoms with Gasteiger partial charge in [-0.25, -0.2) is 0 Å². The van der Waals surface area contributed by atoms with E-state index in [9.17, 15) is 9.59 Å². The highest BCUT2D eigenvalue weighted by Gasteiger charge is 2.09. The summed E-state index contributed by atoms with van der Waals surface area (Å²) in [6, 6.07) is 5.56. The largest absolute Gasteiger partial charge is 0.481 e. The number of hydrogen-bond donors (Lipinski definition) is 2. The Kier molecular flexibility index (Phi) is 7.30. The van der Waals surface area contributed by atoms with E-state index in [1.807, 2.05) is 25.1 Å². The minimum absolute atomic E-state index is 0.0608. The van der Waals surface area contributed by atoms with Crippen molar-refractivity contribution in [2.45, 2.75) is 39.0 Å². The molecule has 110 valence electrons. The summed E-state index contributed by atoms with van der Waals surface area (Å²) in [5, 5.41) is 11.4. The maximum Gasteiger partial charge on any atom is 0.303 e. The first-order chi connectivity index (χ1) is 9.52. The van der Waals surface area contributed by atoms with Crippen LogP contribution in [0.25, 0.3) is 0 Å². The third kappa shape index (κ3) is 5.74. The molecule has 0 saturated carbocycles. The molecule has 0 saturated heterocycles. The van der Waals surface area contributed by atoms with Crippen LogP contribution in [0.5, 0.6) is 0 Å². The molecule has 0 radical (unpaired) electrons. The first-order valence-corrected chi connectivity index (χ1v) is 7.56. The number of carbonyl (C=O) groups is 2. The van der Waals surface area contributed by atoms with E-state index in [4.69, 9.17) is 5.11 Å². The monoisotopic (exact) mass is 341 g/mol. The van der Waals surface area contributed by atoms with Gasteiger partial charge in [0.2, 0.25) is 0 Å². The number of halogens is 1. The fourth-order valence-corrected chi connectivity index (χ4v) is 2.27. The quantitative estimate of drug-likeness (QED) is 0.711. The fourth-order valence-electron chi connectivity index (χ4n) is 1.91. The molecule has 4 nitrogen and oxygen atoms in total. The Morgan fingerprint density at radius 2 is 1.90 bits per heavy atom. The summed E-state index contributed by atoms with van der Waals surface area (Å²) in [6.07, 6.45) is 3.62. The maximum atomic E-state index is 12.0. The number of nitrogens with one attached hydrogen (secondary N) is 1. The van der Waals surface area contributed by atoms with Crippen molar-refractivity contribution < 1.29 is 14.7 Å². The Hall–Kier alpha value is -1.36. The van der Waals surface area contributed by atoms with E-state index in [0.29, 0.717) is 18.5 Å². The molecule has 0 spiro atoms. The van der Waals surface area contributed by atoms with Gasteiger partial charge in [0.1, 0.15) is 0 Å². The lowest BCUT2D eigenvalue weighted by Crippen LogP contribution is -2.25. The zero-order valence-electron chi connectivity index (χ0n) is 11.6. The predicted molar refractivity (Wildman–Crippen MR) is 81.9 cm³/mol. The van der Waals surface area contributed by atoms with Crippen molar-refractivity contribution in [3.05, 3.63) is 33.8 Å². The van der Waals surface area contributed by atoms with Crippen LogP contribution in [0.1, 0.15) is 48.0 Å². The predicted octanol–water partition coefficient (Wildman–Crippen LogP) is 3.52. The Balaban J connectivity index is 2.24. The molecule has 5 heteroatoms. The normalized spacial score (nSPS) is 10.3. The average molecular weight is 342 g/mol. The highest BCUT2D eigenvalue weighted by molar-refractivity contribution is 9.10. The number of carboxylic acids is 1. The highest BCUT2D eigenvalue weighted by atomic mass is 79.9. The summed E-state index contributed by atoms with van der Waals surface area (Å²) in [5.41, 5.74) is 1.62. The Morgan fingerprint density at radius 3 is 2.60 bits per heavy atom. The number of benzene rings is 1. The standard InChI is InChI=1S/C15H20BrNO3/c1-11-12(7-6-8-13(11)16)15(20)17-10-5-3-2-4-9-14(18)19/h6-8H,2-5,9-10H2,1H3,(H,17,20)(H,18,19). The molecular weight excluding hydrogens is 322 g/mol. The average Bonchev–Trinajstić information content (AvgIpc) is 2.40. The van der Waals surface area contributed by atoms with E-state index in [-0.39, 0.29) is 12.3 Å². The summed E-state index contributed by atoms with van der Waals surface area (Å²) in [6.45, 7) is 2.53. The second-order valence-electron chi connectivity index (χ2n) is 4.73. The van der Waals surface area contributed by atoms with Gasteiger partial charge >= 0.3 is 5.97 Å². The fraction of sp³-hybridized carbons (Fsp3) is 0.467. The molecular formula is C15H20BrNO3. The van der Waals surface area contributed by atoms with Gasteiger partial charge in [-0.3, -0.25) is 9.59 Å². The zero-order chi connectivity index (χ0) is 15.0. The Bertz CT molecular complexity index is 474. The van der Waals surface area contributed by atoms with Crippen LogP contribution in [0.15, 0.2) is 22.7 Å². The third-order valence-electron chi connectivity index (χ3n) is 3.12. The van der Waals surface area contributed by atoms with Crippen LogP contribution in [0.2, 0.25) is 0 Å². The molecule has 0 heterocycles. The van der Waals surface area contributed by atoms with E-state index in [2.05, 4.69) is 21.2 Å². The van der Waals surface area contributed by atoms with E-state index in [1.54, 1.807) is 0 Å².